The molecule has 4 heteroatoms. The number of hydrogen-bond donors (Lipinski definition) is 1. The Labute approximate surface area is 109 Å². The molecular weight excluding hydrogens is 246 g/mol. The molecule has 2 heterocycles. The van der Waals surface area contributed by atoms with Crippen LogP contribution in [0.5, 0.6) is 0 Å². The van der Waals surface area contributed by atoms with Gasteiger partial charge in [0.25, 0.3) is 0 Å². The number of rotatable bonds is 2. The molecule has 3 nitrogen and oxygen atoms in total. The second-order valence-corrected chi connectivity index (χ2v) is 4.32. The van der Waals surface area contributed by atoms with Crippen molar-refractivity contribution >= 4 is 33.9 Å². The van der Waals surface area contributed by atoms with Gasteiger partial charge in [-0.2, -0.15) is 0 Å². The quantitative estimate of drug-likeness (QED) is 0.751. The first-order chi connectivity index (χ1) is 8.83. The molecule has 0 aliphatic rings. The molecule has 0 bridgehead atoms. The molecule has 2 aromatic heterocycles. The van der Waals surface area contributed by atoms with Crippen LogP contribution in [0.25, 0.3) is 10.9 Å². The van der Waals surface area contributed by atoms with Crippen molar-refractivity contribution in [3.8, 4) is 0 Å². The molecule has 0 aliphatic heterocycles. The molecule has 0 aliphatic carbocycles. The second kappa shape index (κ2) is 4.63. The first-order valence-corrected chi connectivity index (χ1v) is 5.92. The molecule has 3 rings (SSSR count). The lowest BCUT2D eigenvalue weighted by molar-refractivity contribution is 1.32. The van der Waals surface area contributed by atoms with Crippen LogP contribution in [0, 0.1) is 0 Å². The number of pyridine rings is 2. The minimum atomic E-state index is 0.691. The Morgan fingerprint density at radius 2 is 1.78 bits per heavy atom. The van der Waals surface area contributed by atoms with E-state index in [1.54, 1.807) is 18.6 Å². The van der Waals surface area contributed by atoms with E-state index >= 15 is 0 Å². The lowest BCUT2D eigenvalue weighted by Gasteiger charge is -2.09. The van der Waals surface area contributed by atoms with E-state index in [-0.39, 0.29) is 0 Å². The largest absolute Gasteiger partial charge is 0.355 e. The van der Waals surface area contributed by atoms with E-state index in [9.17, 15) is 0 Å². The maximum absolute atomic E-state index is 5.96. The Hall–Kier alpha value is -2.13. The number of fused-ring (bicyclic) bond motifs is 1. The van der Waals surface area contributed by atoms with Gasteiger partial charge in [0, 0.05) is 40.4 Å². The van der Waals surface area contributed by atoms with Gasteiger partial charge in [-0.15, -0.1) is 0 Å². The highest BCUT2D eigenvalue weighted by Gasteiger charge is 2.02. The van der Waals surface area contributed by atoms with Gasteiger partial charge in [-0.1, -0.05) is 11.6 Å². The molecule has 3 aromatic rings. The normalized spacial score (nSPS) is 10.5. The standard InChI is InChI=1S/C14H10ClN3/c15-10-1-2-12-13(5-8-17-14(12)9-10)18-11-3-6-16-7-4-11/h1-9H,(H,16,17,18). The zero-order valence-electron chi connectivity index (χ0n) is 9.47. The summed E-state index contributed by atoms with van der Waals surface area (Å²) in [6.07, 6.45) is 5.27. The predicted octanol–water partition coefficient (Wildman–Crippen LogP) is 4.03. The third-order valence-corrected chi connectivity index (χ3v) is 2.90. The fourth-order valence-corrected chi connectivity index (χ4v) is 1.99. The predicted molar refractivity (Wildman–Crippen MR) is 74.3 cm³/mol. The number of anilines is 2. The fourth-order valence-electron chi connectivity index (χ4n) is 1.82. The molecule has 1 N–H and O–H groups in total. The van der Waals surface area contributed by atoms with E-state index in [2.05, 4.69) is 15.3 Å². The lowest BCUT2D eigenvalue weighted by Crippen LogP contribution is -1.92. The van der Waals surface area contributed by atoms with Gasteiger partial charge in [0.1, 0.15) is 0 Å². The van der Waals surface area contributed by atoms with Crippen LogP contribution in [-0.4, -0.2) is 9.97 Å². The summed E-state index contributed by atoms with van der Waals surface area (Å²) >= 11 is 5.96. The summed E-state index contributed by atoms with van der Waals surface area (Å²) in [7, 11) is 0. The van der Waals surface area contributed by atoms with Crippen LogP contribution in [0.2, 0.25) is 5.02 Å². The van der Waals surface area contributed by atoms with Crippen molar-refractivity contribution in [2.45, 2.75) is 0 Å². The van der Waals surface area contributed by atoms with Crippen molar-refractivity contribution in [3.05, 3.63) is 60.0 Å². The molecule has 0 spiro atoms. The van der Waals surface area contributed by atoms with Crippen molar-refractivity contribution in [1.82, 2.24) is 9.97 Å². The van der Waals surface area contributed by atoms with Gasteiger partial charge in [0.05, 0.1) is 5.52 Å². The summed E-state index contributed by atoms with van der Waals surface area (Å²) in [6.45, 7) is 0. The topological polar surface area (TPSA) is 37.8 Å². The van der Waals surface area contributed by atoms with Crippen LogP contribution in [-0.2, 0) is 0 Å². The molecule has 88 valence electrons. The Bertz CT molecular complexity index is 683. The SMILES string of the molecule is Clc1ccc2c(Nc3ccncc3)ccnc2c1. The summed E-state index contributed by atoms with van der Waals surface area (Å²) in [5, 5.41) is 5.07. The average Bonchev–Trinajstić information content (AvgIpc) is 2.40. The fraction of sp³-hybridized carbons (Fsp3) is 0. The van der Waals surface area contributed by atoms with E-state index < -0.39 is 0 Å². The highest BCUT2D eigenvalue weighted by atomic mass is 35.5. The third-order valence-electron chi connectivity index (χ3n) is 2.66. The van der Waals surface area contributed by atoms with E-state index in [4.69, 9.17) is 11.6 Å². The Kier molecular flexibility index (Phi) is 2.82. The molecule has 1 aromatic carbocycles. The molecule has 0 atom stereocenters. The van der Waals surface area contributed by atoms with Crippen LogP contribution in [0.3, 0.4) is 0 Å². The second-order valence-electron chi connectivity index (χ2n) is 3.88. The van der Waals surface area contributed by atoms with Crippen molar-refractivity contribution in [2.24, 2.45) is 0 Å². The van der Waals surface area contributed by atoms with Gasteiger partial charge >= 0.3 is 0 Å². The summed E-state index contributed by atoms with van der Waals surface area (Å²) in [5.74, 6) is 0. The minimum Gasteiger partial charge on any atom is -0.355 e. The van der Waals surface area contributed by atoms with Crippen molar-refractivity contribution < 1.29 is 0 Å². The van der Waals surface area contributed by atoms with Crippen LogP contribution in [0.4, 0.5) is 11.4 Å². The van der Waals surface area contributed by atoms with Crippen LogP contribution < -0.4 is 5.32 Å². The first kappa shape index (κ1) is 11.0. The van der Waals surface area contributed by atoms with Gasteiger partial charge in [-0.25, -0.2) is 0 Å². The van der Waals surface area contributed by atoms with Crippen LogP contribution in [0.15, 0.2) is 55.0 Å². The van der Waals surface area contributed by atoms with Gasteiger partial charge in [0.2, 0.25) is 0 Å². The number of nitrogens with zero attached hydrogens (tertiary/aromatic N) is 2. The Morgan fingerprint density at radius 1 is 0.944 bits per heavy atom. The van der Waals surface area contributed by atoms with Crippen LogP contribution in [0.1, 0.15) is 0 Å². The molecule has 0 saturated carbocycles. The highest BCUT2D eigenvalue weighted by Crippen LogP contribution is 2.26. The minimum absolute atomic E-state index is 0.691. The number of halogens is 1. The van der Waals surface area contributed by atoms with Crippen molar-refractivity contribution in [2.75, 3.05) is 5.32 Å². The number of aromatic nitrogens is 2. The lowest BCUT2D eigenvalue weighted by atomic mass is 10.2. The van der Waals surface area contributed by atoms with Crippen molar-refractivity contribution in [1.29, 1.82) is 0 Å². The summed E-state index contributed by atoms with van der Waals surface area (Å²) in [5.41, 5.74) is 2.87. The zero-order chi connectivity index (χ0) is 12.4. The molecule has 18 heavy (non-hydrogen) atoms. The number of benzene rings is 1. The van der Waals surface area contributed by atoms with E-state index in [1.165, 1.54) is 0 Å². The van der Waals surface area contributed by atoms with E-state index in [1.807, 2.05) is 36.4 Å². The Morgan fingerprint density at radius 3 is 2.61 bits per heavy atom. The van der Waals surface area contributed by atoms with Crippen LogP contribution >= 0.6 is 11.6 Å². The Balaban J connectivity index is 2.07. The molecule has 0 saturated heterocycles. The maximum Gasteiger partial charge on any atom is 0.0737 e. The van der Waals surface area contributed by atoms with Crippen molar-refractivity contribution in [3.63, 3.8) is 0 Å². The summed E-state index contributed by atoms with van der Waals surface area (Å²) < 4.78 is 0. The number of hydrogen-bond acceptors (Lipinski definition) is 3. The number of nitrogens with one attached hydrogen (secondary N) is 1. The highest BCUT2D eigenvalue weighted by molar-refractivity contribution is 6.31. The molecule has 0 amide bonds. The summed E-state index contributed by atoms with van der Waals surface area (Å²) in [6, 6.07) is 11.5. The third kappa shape index (κ3) is 2.13. The average molecular weight is 256 g/mol. The van der Waals surface area contributed by atoms with Gasteiger partial charge in [-0.05, 0) is 36.4 Å². The van der Waals surface area contributed by atoms with E-state index in [0.717, 1.165) is 22.3 Å². The zero-order valence-corrected chi connectivity index (χ0v) is 10.2. The molecule has 0 fully saturated rings. The first-order valence-electron chi connectivity index (χ1n) is 5.54. The van der Waals surface area contributed by atoms with Gasteiger partial charge in [-0.3, -0.25) is 9.97 Å². The molecule has 0 radical (unpaired) electrons. The molecular formula is C14H10ClN3. The monoisotopic (exact) mass is 255 g/mol. The van der Waals surface area contributed by atoms with Gasteiger partial charge < -0.3 is 5.32 Å². The summed E-state index contributed by atoms with van der Waals surface area (Å²) in [4.78, 5) is 8.30. The van der Waals surface area contributed by atoms with E-state index in [0.29, 0.717) is 5.02 Å². The smallest absolute Gasteiger partial charge is 0.0737 e. The molecule has 0 unspecified atom stereocenters. The van der Waals surface area contributed by atoms with Gasteiger partial charge in [0.15, 0.2) is 0 Å². The maximum atomic E-state index is 5.96.